The highest BCUT2D eigenvalue weighted by atomic mass is 32.1. The fraction of sp³-hybridized carbons (Fsp3) is 0.182. The largest absolute Gasteiger partial charge is 0.449 e. The highest BCUT2D eigenvalue weighted by Crippen LogP contribution is 2.44. The van der Waals surface area contributed by atoms with E-state index in [-0.39, 0.29) is 0 Å². The van der Waals surface area contributed by atoms with Gasteiger partial charge in [0.05, 0.1) is 11.1 Å². The highest BCUT2D eigenvalue weighted by molar-refractivity contribution is 7.20. The van der Waals surface area contributed by atoms with E-state index >= 15 is 0 Å². The van der Waals surface area contributed by atoms with Gasteiger partial charge in [-0.05, 0) is 48.6 Å². The number of aromatic nitrogens is 1. The predicted molar refractivity (Wildman–Crippen MR) is 110 cm³/mol. The zero-order chi connectivity index (χ0) is 20.4. The summed E-state index contributed by atoms with van der Waals surface area (Å²) >= 11 is 1.39. The molecule has 1 amide bonds. The molecule has 0 saturated heterocycles. The van der Waals surface area contributed by atoms with Crippen molar-refractivity contribution in [3.63, 3.8) is 0 Å². The van der Waals surface area contributed by atoms with Gasteiger partial charge in [-0.2, -0.15) is 5.26 Å². The fourth-order valence-corrected chi connectivity index (χ4v) is 4.59. The number of anilines is 1. The van der Waals surface area contributed by atoms with E-state index in [2.05, 4.69) is 22.4 Å². The van der Waals surface area contributed by atoms with E-state index in [0.717, 1.165) is 28.8 Å². The Balaban J connectivity index is 1.54. The van der Waals surface area contributed by atoms with Gasteiger partial charge in [-0.25, -0.2) is 4.79 Å². The number of amides is 1. The molecule has 144 valence electrons. The van der Waals surface area contributed by atoms with Gasteiger partial charge in [0.25, 0.3) is 5.91 Å². The molecule has 29 heavy (non-hydrogen) atoms. The minimum Gasteiger partial charge on any atom is -0.449 e. The van der Waals surface area contributed by atoms with Gasteiger partial charge in [-0.3, -0.25) is 9.78 Å². The van der Waals surface area contributed by atoms with E-state index in [1.165, 1.54) is 48.4 Å². The molecule has 1 unspecified atom stereocenters. The molecule has 0 bridgehead atoms. The SMILES string of the molecule is CC(OC(=O)c1ccncc1)C(=O)Nc1sc2c(c1C#N)CCc1ccccc1-2. The molecule has 1 aliphatic rings. The summed E-state index contributed by atoms with van der Waals surface area (Å²) in [6.45, 7) is 1.50. The van der Waals surface area contributed by atoms with Crippen molar-refractivity contribution in [3.05, 3.63) is 71.0 Å². The molecule has 0 spiro atoms. The van der Waals surface area contributed by atoms with Crippen molar-refractivity contribution in [1.29, 1.82) is 5.26 Å². The van der Waals surface area contributed by atoms with Gasteiger partial charge in [-0.1, -0.05) is 24.3 Å². The molecule has 7 heteroatoms. The number of benzene rings is 1. The second-order valence-electron chi connectivity index (χ2n) is 6.66. The Morgan fingerprint density at radius 1 is 1.21 bits per heavy atom. The minimum absolute atomic E-state index is 0.320. The zero-order valence-electron chi connectivity index (χ0n) is 15.6. The van der Waals surface area contributed by atoms with Crippen LogP contribution in [0.3, 0.4) is 0 Å². The minimum atomic E-state index is -1.01. The number of aryl methyl sites for hydroxylation is 1. The number of fused-ring (bicyclic) bond motifs is 3. The summed E-state index contributed by atoms with van der Waals surface area (Å²) in [5.74, 6) is -1.08. The number of hydrogen-bond acceptors (Lipinski definition) is 6. The molecular weight excluding hydrogens is 386 g/mol. The first kappa shape index (κ1) is 18.8. The van der Waals surface area contributed by atoms with Crippen LogP contribution in [0.25, 0.3) is 10.4 Å². The van der Waals surface area contributed by atoms with E-state index < -0.39 is 18.0 Å². The number of nitrogens with one attached hydrogen (secondary N) is 1. The Hall–Kier alpha value is -3.50. The Morgan fingerprint density at radius 2 is 1.97 bits per heavy atom. The summed E-state index contributed by atoms with van der Waals surface area (Å²) in [5, 5.41) is 12.9. The van der Waals surface area contributed by atoms with Crippen LogP contribution in [0.5, 0.6) is 0 Å². The molecular formula is C22H17N3O3S. The Kier molecular flexibility index (Phi) is 5.10. The maximum Gasteiger partial charge on any atom is 0.339 e. The predicted octanol–water partition coefficient (Wildman–Crippen LogP) is 3.96. The summed E-state index contributed by atoms with van der Waals surface area (Å²) in [6.07, 6.45) is 3.58. The van der Waals surface area contributed by atoms with Crippen LogP contribution in [-0.4, -0.2) is 23.0 Å². The van der Waals surface area contributed by atoms with E-state index in [1.807, 2.05) is 18.2 Å². The van der Waals surface area contributed by atoms with Crippen molar-refractivity contribution in [2.24, 2.45) is 0 Å². The van der Waals surface area contributed by atoms with Gasteiger partial charge >= 0.3 is 5.97 Å². The van der Waals surface area contributed by atoms with Gasteiger partial charge in [0.15, 0.2) is 6.10 Å². The summed E-state index contributed by atoms with van der Waals surface area (Å²) in [5.41, 5.74) is 4.12. The molecule has 1 N–H and O–H groups in total. The van der Waals surface area contributed by atoms with E-state index in [0.29, 0.717) is 16.1 Å². The summed E-state index contributed by atoms with van der Waals surface area (Å²) < 4.78 is 5.25. The standard InChI is InChI=1S/C22H17N3O3S/c1-13(28-22(27)15-8-10-24-11-9-15)20(26)25-21-18(12-23)17-7-6-14-4-2-3-5-16(14)19(17)29-21/h2-5,8-11,13H,6-7H2,1H3,(H,25,26). The van der Waals surface area contributed by atoms with Gasteiger partial charge in [0.2, 0.25) is 0 Å². The number of esters is 1. The molecule has 1 aliphatic carbocycles. The molecule has 0 radical (unpaired) electrons. The normalized spacial score (nSPS) is 12.8. The molecule has 6 nitrogen and oxygen atoms in total. The summed E-state index contributed by atoms with van der Waals surface area (Å²) in [4.78, 5) is 29.6. The molecule has 1 atom stereocenters. The van der Waals surface area contributed by atoms with Crippen LogP contribution in [-0.2, 0) is 22.4 Å². The van der Waals surface area contributed by atoms with Crippen molar-refractivity contribution in [2.75, 3.05) is 5.32 Å². The molecule has 2 aromatic heterocycles. The van der Waals surface area contributed by atoms with E-state index in [1.54, 1.807) is 0 Å². The monoisotopic (exact) mass is 403 g/mol. The van der Waals surface area contributed by atoms with Gasteiger partial charge in [0, 0.05) is 17.3 Å². The number of pyridine rings is 1. The first-order chi connectivity index (χ1) is 14.1. The van der Waals surface area contributed by atoms with Crippen molar-refractivity contribution in [3.8, 4) is 16.5 Å². The quantitative estimate of drug-likeness (QED) is 0.666. The molecule has 3 aromatic rings. The number of carbonyl (C=O) groups excluding carboxylic acids is 2. The van der Waals surface area contributed by atoms with Crippen LogP contribution in [0.4, 0.5) is 5.00 Å². The van der Waals surface area contributed by atoms with Crippen LogP contribution in [0, 0.1) is 11.3 Å². The first-order valence-corrected chi connectivity index (χ1v) is 9.96. The zero-order valence-corrected chi connectivity index (χ0v) is 16.5. The highest BCUT2D eigenvalue weighted by Gasteiger charge is 2.27. The average molecular weight is 403 g/mol. The Bertz CT molecular complexity index is 1130. The number of hydrogen-bond donors (Lipinski definition) is 1. The summed E-state index contributed by atoms with van der Waals surface area (Å²) in [6, 6.07) is 13.4. The number of thiophene rings is 1. The second-order valence-corrected chi connectivity index (χ2v) is 7.68. The maximum atomic E-state index is 12.6. The molecule has 0 aliphatic heterocycles. The second kappa shape index (κ2) is 7.86. The number of rotatable bonds is 4. The number of nitriles is 1. The molecule has 4 rings (SSSR count). The Morgan fingerprint density at radius 3 is 2.72 bits per heavy atom. The summed E-state index contributed by atoms with van der Waals surface area (Å²) in [7, 11) is 0. The maximum absolute atomic E-state index is 12.6. The lowest BCUT2D eigenvalue weighted by Crippen LogP contribution is -2.30. The van der Waals surface area contributed by atoms with Crippen LogP contribution in [0.1, 0.15) is 34.0 Å². The van der Waals surface area contributed by atoms with Gasteiger partial charge in [-0.15, -0.1) is 11.3 Å². The third-order valence-corrected chi connectivity index (χ3v) is 6.01. The number of carbonyl (C=O) groups is 2. The van der Waals surface area contributed by atoms with Crippen molar-refractivity contribution < 1.29 is 14.3 Å². The molecule has 2 heterocycles. The third-order valence-electron chi connectivity index (χ3n) is 4.83. The van der Waals surface area contributed by atoms with Crippen LogP contribution < -0.4 is 5.32 Å². The van der Waals surface area contributed by atoms with Gasteiger partial charge < -0.3 is 10.1 Å². The van der Waals surface area contributed by atoms with Crippen LogP contribution in [0.2, 0.25) is 0 Å². The smallest absolute Gasteiger partial charge is 0.339 e. The average Bonchev–Trinajstić information content (AvgIpc) is 3.11. The lowest BCUT2D eigenvalue weighted by molar-refractivity contribution is -0.123. The first-order valence-electron chi connectivity index (χ1n) is 9.14. The number of ether oxygens (including phenoxy) is 1. The van der Waals surface area contributed by atoms with Gasteiger partial charge in [0.1, 0.15) is 11.1 Å². The van der Waals surface area contributed by atoms with Crippen LogP contribution in [0.15, 0.2) is 48.8 Å². The van der Waals surface area contributed by atoms with Crippen molar-refractivity contribution >= 4 is 28.2 Å². The lowest BCUT2D eigenvalue weighted by Gasteiger charge is -2.15. The third kappa shape index (κ3) is 3.62. The topological polar surface area (TPSA) is 92.1 Å². The van der Waals surface area contributed by atoms with E-state index in [9.17, 15) is 14.9 Å². The fourth-order valence-electron chi connectivity index (χ4n) is 3.33. The van der Waals surface area contributed by atoms with Crippen LogP contribution >= 0.6 is 11.3 Å². The molecule has 1 aromatic carbocycles. The van der Waals surface area contributed by atoms with E-state index in [4.69, 9.17) is 4.74 Å². The Labute approximate surface area is 171 Å². The number of nitrogens with zero attached hydrogens (tertiary/aromatic N) is 2. The molecule has 0 saturated carbocycles. The molecule has 0 fully saturated rings. The lowest BCUT2D eigenvalue weighted by atomic mass is 9.90. The van der Waals surface area contributed by atoms with Crippen molar-refractivity contribution in [2.45, 2.75) is 25.9 Å². The van der Waals surface area contributed by atoms with Crippen molar-refractivity contribution in [1.82, 2.24) is 4.98 Å².